The fourth-order valence-corrected chi connectivity index (χ4v) is 2.24. The fraction of sp³-hybridized carbons (Fsp3) is 0.714. The van der Waals surface area contributed by atoms with Crippen LogP contribution in [-0.2, 0) is 11.3 Å². The zero-order chi connectivity index (χ0) is 13.5. The Labute approximate surface area is 110 Å². The molecule has 1 radical (unpaired) electrons. The largest absolute Gasteiger partial charge is 0.338 e. The molecular formula is C14H24N3O. The van der Waals surface area contributed by atoms with Gasteiger partial charge in [0.25, 0.3) is 0 Å². The Morgan fingerprint density at radius 2 is 1.94 bits per heavy atom. The lowest BCUT2D eigenvalue weighted by Gasteiger charge is -2.30. The average Bonchev–Trinajstić information content (AvgIpc) is 2.76. The van der Waals surface area contributed by atoms with Gasteiger partial charge in [-0.2, -0.15) is 0 Å². The monoisotopic (exact) mass is 250 g/mol. The lowest BCUT2D eigenvalue weighted by Crippen LogP contribution is -2.41. The van der Waals surface area contributed by atoms with Crippen LogP contribution in [-0.4, -0.2) is 32.4 Å². The third-order valence-electron chi connectivity index (χ3n) is 2.96. The summed E-state index contributed by atoms with van der Waals surface area (Å²) in [5, 5.41) is 0. The van der Waals surface area contributed by atoms with Crippen LogP contribution < -0.4 is 0 Å². The van der Waals surface area contributed by atoms with E-state index in [0.717, 1.165) is 19.4 Å². The first-order chi connectivity index (χ1) is 8.52. The minimum Gasteiger partial charge on any atom is -0.338 e. The Kier molecular flexibility index (Phi) is 5.89. The molecule has 1 rings (SSSR count). The third kappa shape index (κ3) is 4.51. The van der Waals surface area contributed by atoms with Crippen LogP contribution >= 0.6 is 0 Å². The van der Waals surface area contributed by atoms with Crippen molar-refractivity contribution in [1.29, 1.82) is 0 Å². The van der Waals surface area contributed by atoms with Gasteiger partial charge in [-0.3, -0.25) is 4.79 Å². The van der Waals surface area contributed by atoms with E-state index in [9.17, 15) is 4.79 Å². The summed E-state index contributed by atoms with van der Waals surface area (Å²) >= 11 is 0. The molecular weight excluding hydrogens is 226 g/mol. The maximum Gasteiger partial charge on any atom is 0.223 e. The van der Waals surface area contributed by atoms with Gasteiger partial charge < -0.3 is 9.47 Å². The molecule has 0 unspecified atom stereocenters. The molecule has 0 aliphatic rings. The first kappa shape index (κ1) is 14.7. The van der Waals surface area contributed by atoms with Crippen molar-refractivity contribution in [3.8, 4) is 0 Å². The molecule has 4 heteroatoms. The van der Waals surface area contributed by atoms with Crippen LogP contribution in [0.3, 0.4) is 0 Å². The first-order valence-electron chi connectivity index (χ1n) is 6.71. The van der Waals surface area contributed by atoms with Gasteiger partial charge >= 0.3 is 0 Å². The topological polar surface area (TPSA) is 38.1 Å². The molecule has 0 bridgehead atoms. The predicted octanol–water partition coefficient (Wildman–Crippen LogP) is 2.50. The van der Waals surface area contributed by atoms with E-state index in [2.05, 4.69) is 38.9 Å². The molecule has 1 amide bonds. The van der Waals surface area contributed by atoms with E-state index < -0.39 is 0 Å². The number of rotatable bonds is 7. The van der Waals surface area contributed by atoms with E-state index in [0.29, 0.717) is 6.42 Å². The fourth-order valence-electron chi connectivity index (χ4n) is 2.24. The minimum absolute atomic E-state index is 0.261. The van der Waals surface area contributed by atoms with Crippen molar-refractivity contribution in [2.75, 3.05) is 0 Å². The normalized spacial score (nSPS) is 11.2. The molecule has 0 aliphatic carbocycles. The van der Waals surface area contributed by atoms with Crippen molar-refractivity contribution < 1.29 is 4.79 Å². The molecule has 0 N–H and O–H groups in total. The molecule has 0 aromatic carbocycles. The van der Waals surface area contributed by atoms with Gasteiger partial charge in [0.2, 0.25) is 5.91 Å². The number of aryl methyl sites for hydroxylation is 1. The van der Waals surface area contributed by atoms with Gasteiger partial charge in [0, 0.05) is 31.2 Å². The summed E-state index contributed by atoms with van der Waals surface area (Å²) in [6, 6.07) is 0.557. The van der Waals surface area contributed by atoms with Crippen molar-refractivity contribution in [3.05, 3.63) is 18.7 Å². The molecule has 1 aromatic rings. The second-order valence-electron chi connectivity index (χ2n) is 5.19. The zero-order valence-electron chi connectivity index (χ0n) is 11.9. The number of carbonyl (C=O) groups is 1. The molecule has 0 saturated heterocycles. The third-order valence-corrected chi connectivity index (χ3v) is 2.96. The molecule has 18 heavy (non-hydrogen) atoms. The molecule has 101 valence electrons. The van der Waals surface area contributed by atoms with Crippen molar-refractivity contribution >= 4 is 5.91 Å². The molecule has 1 aromatic heterocycles. The first-order valence-corrected chi connectivity index (χ1v) is 6.71. The summed E-state index contributed by atoms with van der Waals surface area (Å²) in [6.45, 7) is 9.18. The summed E-state index contributed by atoms with van der Waals surface area (Å²) in [7, 11) is 0. The maximum atomic E-state index is 12.1. The Bertz CT molecular complexity index is 336. The van der Waals surface area contributed by atoms with Gasteiger partial charge in [-0.05, 0) is 40.5 Å². The molecule has 0 fully saturated rings. The summed E-state index contributed by atoms with van der Waals surface area (Å²) in [4.78, 5) is 17.9. The summed E-state index contributed by atoms with van der Waals surface area (Å²) in [6.07, 6.45) is 8.91. The second kappa shape index (κ2) is 7.19. The van der Waals surface area contributed by atoms with Crippen molar-refractivity contribution in [2.24, 2.45) is 0 Å². The zero-order valence-corrected chi connectivity index (χ0v) is 11.9. The second-order valence-corrected chi connectivity index (χ2v) is 5.19. The number of aromatic nitrogens is 2. The summed E-state index contributed by atoms with van der Waals surface area (Å²) in [5.74, 6) is 0.261. The van der Waals surface area contributed by atoms with Gasteiger partial charge in [-0.15, -0.1) is 0 Å². The Balaban J connectivity index is 2.27. The molecule has 0 atom stereocenters. The number of hydrogen-bond acceptors (Lipinski definition) is 2. The standard InChI is InChI=1S/C14H24N3O/c1-12(2)17(13(3)4)14(18)7-5-6-9-16-10-8-15-11-16/h10-13H,5-7,9H2,1-4H3. The SMILES string of the molecule is CC(C)N(C(=O)CCCCn1c[c]nc1)C(C)C. The Morgan fingerprint density at radius 1 is 1.28 bits per heavy atom. The number of nitrogens with zero attached hydrogens (tertiary/aromatic N) is 3. The summed E-state index contributed by atoms with van der Waals surface area (Å²) < 4.78 is 1.99. The van der Waals surface area contributed by atoms with Gasteiger partial charge in [0.15, 0.2) is 0 Å². The van der Waals surface area contributed by atoms with Crippen LogP contribution in [0.5, 0.6) is 0 Å². The van der Waals surface area contributed by atoms with Gasteiger partial charge in [0.05, 0.1) is 6.33 Å². The van der Waals surface area contributed by atoms with Crippen LogP contribution in [0.15, 0.2) is 12.5 Å². The quantitative estimate of drug-likeness (QED) is 0.697. The van der Waals surface area contributed by atoms with E-state index in [4.69, 9.17) is 0 Å². The summed E-state index contributed by atoms with van der Waals surface area (Å²) in [5.41, 5.74) is 0. The van der Waals surface area contributed by atoms with Crippen LogP contribution in [0.1, 0.15) is 47.0 Å². The van der Waals surface area contributed by atoms with E-state index in [1.807, 2.05) is 15.7 Å². The van der Waals surface area contributed by atoms with Crippen LogP contribution in [0, 0.1) is 6.20 Å². The Morgan fingerprint density at radius 3 is 2.44 bits per heavy atom. The number of imidazole rings is 1. The predicted molar refractivity (Wildman–Crippen MR) is 72.0 cm³/mol. The lowest BCUT2D eigenvalue weighted by atomic mass is 10.1. The van der Waals surface area contributed by atoms with E-state index in [-0.39, 0.29) is 18.0 Å². The molecule has 0 aliphatic heterocycles. The molecule has 4 nitrogen and oxygen atoms in total. The molecule has 1 heterocycles. The lowest BCUT2D eigenvalue weighted by molar-refractivity contribution is -0.134. The number of unbranched alkanes of at least 4 members (excludes halogenated alkanes) is 1. The highest BCUT2D eigenvalue weighted by molar-refractivity contribution is 5.76. The smallest absolute Gasteiger partial charge is 0.223 e. The average molecular weight is 250 g/mol. The van der Waals surface area contributed by atoms with Crippen LogP contribution in [0.2, 0.25) is 0 Å². The number of amides is 1. The van der Waals surface area contributed by atoms with Crippen molar-refractivity contribution in [2.45, 2.75) is 65.6 Å². The van der Waals surface area contributed by atoms with E-state index in [1.165, 1.54) is 0 Å². The van der Waals surface area contributed by atoms with Crippen molar-refractivity contribution in [1.82, 2.24) is 14.5 Å². The molecule has 0 saturated carbocycles. The van der Waals surface area contributed by atoms with Gasteiger partial charge in [0.1, 0.15) is 6.20 Å². The molecule has 0 spiro atoms. The van der Waals surface area contributed by atoms with E-state index >= 15 is 0 Å². The number of carbonyl (C=O) groups excluding carboxylic acids is 1. The minimum atomic E-state index is 0.261. The van der Waals surface area contributed by atoms with Gasteiger partial charge in [-0.25, -0.2) is 4.98 Å². The number of hydrogen-bond donors (Lipinski definition) is 0. The highest BCUT2D eigenvalue weighted by Gasteiger charge is 2.18. The van der Waals surface area contributed by atoms with Gasteiger partial charge in [-0.1, -0.05) is 0 Å². The highest BCUT2D eigenvalue weighted by atomic mass is 16.2. The Hall–Kier alpha value is -1.32. The maximum absolute atomic E-state index is 12.1. The van der Waals surface area contributed by atoms with E-state index in [1.54, 1.807) is 6.33 Å². The highest BCUT2D eigenvalue weighted by Crippen LogP contribution is 2.10. The van der Waals surface area contributed by atoms with Crippen LogP contribution in [0.4, 0.5) is 0 Å². The van der Waals surface area contributed by atoms with Crippen LogP contribution in [0.25, 0.3) is 0 Å². The van der Waals surface area contributed by atoms with Crippen molar-refractivity contribution in [3.63, 3.8) is 0 Å².